The van der Waals surface area contributed by atoms with E-state index in [4.69, 9.17) is 0 Å². The van der Waals surface area contributed by atoms with Crippen LogP contribution in [0.25, 0.3) is 53.9 Å². The van der Waals surface area contributed by atoms with Gasteiger partial charge in [-0.25, -0.2) is 0 Å². The zero-order chi connectivity index (χ0) is 23.1. The Morgan fingerprint density at radius 2 is 0.714 bits per heavy atom. The third-order valence-electron chi connectivity index (χ3n) is 7.85. The molecule has 8 rings (SSSR count). The van der Waals surface area contributed by atoms with E-state index in [-0.39, 0.29) is 0 Å². The molecule has 1 aliphatic rings. The minimum Gasteiger partial charge on any atom is -0.384 e. The Balaban J connectivity index is 1.32. The molecule has 0 saturated heterocycles. The molecule has 0 heterocycles. The van der Waals surface area contributed by atoms with Gasteiger partial charge in [0.1, 0.15) is 6.10 Å². The first-order chi connectivity index (χ1) is 17.2. The number of hydrogen-bond acceptors (Lipinski definition) is 1. The fourth-order valence-corrected chi connectivity index (χ4v) is 6.05. The molecule has 7 aromatic rings. The van der Waals surface area contributed by atoms with Crippen LogP contribution in [0, 0.1) is 0 Å². The Bertz CT molecular complexity index is 2000. The van der Waals surface area contributed by atoms with Crippen molar-refractivity contribution in [1.82, 2.24) is 0 Å². The van der Waals surface area contributed by atoms with Crippen LogP contribution < -0.4 is 0 Å². The van der Waals surface area contributed by atoms with Crippen molar-refractivity contribution >= 4 is 53.9 Å². The molecule has 0 saturated carbocycles. The van der Waals surface area contributed by atoms with Crippen molar-refractivity contribution in [2.75, 3.05) is 0 Å². The lowest BCUT2D eigenvalue weighted by molar-refractivity contribution is 0.216. The van der Waals surface area contributed by atoms with Gasteiger partial charge in [0.15, 0.2) is 0 Å². The second-order valence-electron chi connectivity index (χ2n) is 9.97. The molecule has 1 heteroatoms. The summed E-state index contributed by atoms with van der Waals surface area (Å²) in [4.78, 5) is 0. The summed E-state index contributed by atoms with van der Waals surface area (Å²) >= 11 is 0. The topological polar surface area (TPSA) is 20.2 Å². The van der Waals surface area contributed by atoms with Gasteiger partial charge >= 0.3 is 0 Å². The Labute approximate surface area is 202 Å². The largest absolute Gasteiger partial charge is 0.384 e. The first-order valence-corrected chi connectivity index (χ1v) is 12.2. The number of rotatable bonds is 0. The van der Waals surface area contributed by atoms with Crippen molar-refractivity contribution in [3.05, 3.63) is 131 Å². The molecule has 1 aliphatic carbocycles. The lowest BCUT2D eigenvalue weighted by Gasteiger charge is -2.26. The van der Waals surface area contributed by atoms with Gasteiger partial charge < -0.3 is 5.11 Å². The molecule has 164 valence electrons. The van der Waals surface area contributed by atoms with Crippen LogP contribution >= 0.6 is 0 Å². The fourth-order valence-electron chi connectivity index (χ4n) is 6.05. The molecule has 1 nitrogen and oxygen atoms in total. The number of hydrogen-bond donors (Lipinski definition) is 1. The predicted octanol–water partition coefficient (Wildman–Crippen LogP) is 8.44. The van der Waals surface area contributed by atoms with Gasteiger partial charge in [0, 0.05) is 0 Å². The van der Waals surface area contributed by atoms with E-state index in [1.165, 1.54) is 65.0 Å². The van der Waals surface area contributed by atoms with Crippen LogP contribution in [-0.4, -0.2) is 5.11 Å². The Morgan fingerprint density at radius 3 is 1.11 bits per heavy atom. The molecule has 1 N–H and O–H groups in total. The molecule has 0 aromatic heterocycles. The molecule has 0 spiro atoms. The van der Waals surface area contributed by atoms with Crippen LogP contribution in [0.5, 0.6) is 0 Å². The molecule has 0 fully saturated rings. The molecule has 1 unspecified atom stereocenters. The van der Waals surface area contributed by atoms with Gasteiger partial charge in [-0.05, 0) is 131 Å². The minimum absolute atomic E-state index is 0.610. The average molecular weight is 447 g/mol. The lowest BCUT2D eigenvalue weighted by atomic mass is 9.81. The average Bonchev–Trinajstić information content (AvgIpc) is 2.88. The van der Waals surface area contributed by atoms with Crippen molar-refractivity contribution in [2.45, 2.75) is 12.5 Å². The van der Waals surface area contributed by atoms with E-state index >= 15 is 0 Å². The third-order valence-corrected chi connectivity index (χ3v) is 7.85. The van der Waals surface area contributed by atoms with Gasteiger partial charge in [0.05, 0.1) is 0 Å². The highest BCUT2D eigenvalue weighted by Crippen LogP contribution is 2.40. The molecule has 0 bridgehead atoms. The van der Waals surface area contributed by atoms with Gasteiger partial charge in [-0.2, -0.15) is 0 Å². The maximum Gasteiger partial charge on any atom is 0.105 e. The third kappa shape index (κ3) is 2.86. The summed E-state index contributed by atoms with van der Waals surface area (Å²) in [5, 5.41) is 23.8. The first kappa shape index (κ1) is 19.1. The summed E-state index contributed by atoms with van der Waals surface area (Å²) < 4.78 is 0. The molecule has 1 atom stereocenters. The molecule has 0 aliphatic heterocycles. The highest BCUT2D eigenvalue weighted by molar-refractivity contribution is 6.05. The fraction of sp³-hybridized carbons (Fsp3) is 0.0588. The molecular weight excluding hydrogens is 424 g/mol. The van der Waals surface area contributed by atoms with Gasteiger partial charge in [0.2, 0.25) is 0 Å². The Hall–Kier alpha value is -4.20. The van der Waals surface area contributed by atoms with E-state index in [1.54, 1.807) is 0 Å². The van der Waals surface area contributed by atoms with Crippen LogP contribution in [0.4, 0.5) is 0 Å². The summed E-state index contributed by atoms with van der Waals surface area (Å²) in [7, 11) is 0. The molecular formula is C34H22O. The van der Waals surface area contributed by atoms with Crippen LogP contribution in [0.15, 0.2) is 109 Å². The number of fused-ring (bicyclic) bond motifs is 7. The zero-order valence-electron chi connectivity index (χ0n) is 19.1. The monoisotopic (exact) mass is 446 g/mol. The van der Waals surface area contributed by atoms with E-state index in [0.717, 1.165) is 17.5 Å². The molecule has 35 heavy (non-hydrogen) atoms. The van der Waals surface area contributed by atoms with Gasteiger partial charge in [-0.3, -0.25) is 0 Å². The lowest BCUT2D eigenvalue weighted by Crippen LogP contribution is -2.13. The van der Waals surface area contributed by atoms with Gasteiger partial charge in [0.25, 0.3) is 0 Å². The number of benzene rings is 7. The van der Waals surface area contributed by atoms with E-state index in [1.807, 2.05) is 0 Å². The second kappa shape index (κ2) is 6.91. The van der Waals surface area contributed by atoms with Crippen molar-refractivity contribution in [1.29, 1.82) is 0 Å². The summed E-state index contributed by atoms with van der Waals surface area (Å²) in [6.45, 7) is 0. The highest BCUT2D eigenvalue weighted by atomic mass is 16.3. The maximum absolute atomic E-state index is 11.5. The standard InChI is InChI=1S/C34H22O/c35-34-32-18-28-12-23-8-4-3-7-22(23)11-26(28)15-30(32)17-31-16-27-13-24-9-20-5-1-2-6-21(20)10-25(24)14-29(27)19-33(31)34/h1-16,18-19,34-35H,17H2. The SMILES string of the molecule is OC1c2cc3cc4ccccc4cc3cc2Cc2cc3cc4cc5ccccc5cc4cc3cc21. The number of aliphatic hydroxyl groups excluding tert-OH is 1. The smallest absolute Gasteiger partial charge is 0.105 e. The van der Waals surface area contributed by atoms with Crippen LogP contribution in [0.1, 0.15) is 28.4 Å². The normalized spacial score (nSPS) is 15.2. The minimum atomic E-state index is -0.610. The molecule has 7 aromatic carbocycles. The molecule has 0 radical (unpaired) electrons. The quantitative estimate of drug-likeness (QED) is 0.232. The van der Waals surface area contributed by atoms with Crippen molar-refractivity contribution in [2.24, 2.45) is 0 Å². The number of aliphatic hydroxyl groups is 1. The predicted molar refractivity (Wildman–Crippen MR) is 147 cm³/mol. The van der Waals surface area contributed by atoms with Crippen molar-refractivity contribution in [3.63, 3.8) is 0 Å². The summed E-state index contributed by atoms with van der Waals surface area (Å²) in [6.07, 6.45) is 0.234. The van der Waals surface area contributed by atoms with Gasteiger partial charge in [-0.15, -0.1) is 0 Å². The van der Waals surface area contributed by atoms with E-state index in [2.05, 4.69) is 109 Å². The Kier molecular flexibility index (Phi) is 3.78. The first-order valence-electron chi connectivity index (χ1n) is 12.2. The zero-order valence-corrected chi connectivity index (χ0v) is 19.1. The highest BCUT2D eigenvalue weighted by Gasteiger charge is 2.25. The van der Waals surface area contributed by atoms with Gasteiger partial charge in [-0.1, -0.05) is 60.7 Å². The summed E-state index contributed by atoms with van der Waals surface area (Å²) in [6, 6.07) is 39.6. The van der Waals surface area contributed by atoms with E-state index < -0.39 is 6.10 Å². The van der Waals surface area contributed by atoms with E-state index in [0.29, 0.717) is 0 Å². The summed E-state index contributed by atoms with van der Waals surface area (Å²) in [5.74, 6) is 0. The van der Waals surface area contributed by atoms with E-state index in [9.17, 15) is 5.11 Å². The maximum atomic E-state index is 11.5. The van der Waals surface area contributed by atoms with Crippen LogP contribution in [0.3, 0.4) is 0 Å². The van der Waals surface area contributed by atoms with Crippen LogP contribution in [0.2, 0.25) is 0 Å². The summed E-state index contributed by atoms with van der Waals surface area (Å²) in [5.41, 5.74) is 4.51. The Morgan fingerprint density at radius 1 is 0.400 bits per heavy atom. The van der Waals surface area contributed by atoms with Crippen molar-refractivity contribution < 1.29 is 5.11 Å². The van der Waals surface area contributed by atoms with Crippen LogP contribution in [-0.2, 0) is 6.42 Å². The van der Waals surface area contributed by atoms with Crippen molar-refractivity contribution in [3.8, 4) is 0 Å². The second-order valence-corrected chi connectivity index (χ2v) is 9.97. The molecule has 0 amide bonds.